The van der Waals surface area contributed by atoms with Crippen LogP contribution in [0, 0.1) is 0 Å². The first kappa shape index (κ1) is 13.9. The average Bonchev–Trinajstić information content (AvgIpc) is 2.38. The molecule has 0 aliphatic rings. The SMILES string of the molecule is CCN(CC)C(=O)CSc1ccc(OC)cc1. The first-order valence-electron chi connectivity index (χ1n) is 5.75. The molecule has 0 aliphatic carbocycles. The quantitative estimate of drug-likeness (QED) is 0.730. The number of nitrogens with zero attached hydrogens (tertiary/aromatic N) is 1. The summed E-state index contributed by atoms with van der Waals surface area (Å²) in [5.41, 5.74) is 0. The molecule has 0 bridgehead atoms. The zero-order valence-electron chi connectivity index (χ0n) is 10.6. The molecule has 17 heavy (non-hydrogen) atoms. The maximum Gasteiger partial charge on any atom is 0.232 e. The van der Waals surface area contributed by atoms with Crippen molar-refractivity contribution < 1.29 is 9.53 Å². The molecule has 4 heteroatoms. The van der Waals surface area contributed by atoms with Crippen molar-refractivity contribution in [1.82, 2.24) is 4.90 Å². The van der Waals surface area contributed by atoms with E-state index in [1.165, 1.54) is 0 Å². The van der Waals surface area contributed by atoms with Gasteiger partial charge in [-0.1, -0.05) is 0 Å². The van der Waals surface area contributed by atoms with Crippen molar-refractivity contribution in [1.29, 1.82) is 0 Å². The second-order valence-electron chi connectivity index (χ2n) is 3.53. The number of ether oxygens (including phenoxy) is 1. The summed E-state index contributed by atoms with van der Waals surface area (Å²) in [6.07, 6.45) is 0. The number of methoxy groups -OCH3 is 1. The van der Waals surface area contributed by atoms with Crippen LogP contribution in [0.3, 0.4) is 0 Å². The van der Waals surface area contributed by atoms with E-state index in [9.17, 15) is 4.79 Å². The van der Waals surface area contributed by atoms with Gasteiger partial charge in [0, 0.05) is 18.0 Å². The highest BCUT2D eigenvalue weighted by Gasteiger charge is 2.09. The van der Waals surface area contributed by atoms with Gasteiger partial charge in [-0.15, -0.1) is 11.8 Å². The first-order chi connectivity index (χ1) is 8.21. The first-order valence-corrected chi connectivity index (χ1v) is 6.74. The van der Waals surface area contributed by atoms with Gasteiger partial charge in [0.15, 0.2) is 0 Å². The second kappa shape index (κ2) is 7.22. The summed E-state index contributed by atoms with van der Waals surface area (Å²) in [5, 5.41) is 0. The third-order valence-corrected chi connectivity index (χ3v) is 3.53. The molecule has 0 fully saturated rings. The number of thioether (sulfide) groups is 1. The Bertz CT molecular complexity index is 347. The van der Waals surface area contributed by atoms with Gasteiger partial charge in [0.2, 0.25) is 5.91 Å². The fraction of sp³-hybridized carbons (Fsp3) is 0.462. The molecule has 0 aliphatic heterocycles. The number of hydrogen-bond donors (Lipinski definition) is 0. The molecule has 1 rings (SSSR count). The predicted molar refractivity (Wildman–Crippen MR) is 71.6 cm³/mol. The van der Waals surface area contributed by atoms with Crippen LogP contribution in [-0.2, 0) is 4.79 Å². The minimum atomic E-state index is 0.191. The van der Waals surface area contributed by atoms with Gasteiger partial charge in [0.25, 0.3) is 0 Å². The summed E-state index contributed by atoms with van der Waals surface area (Å²) in [5.74, 6) is 1.52. The molecule has 0 radical (unpaired) electrons. The number of benzene rings is 1. The maximum atomic E-state index is 11.8. The van der Waals surface area contributed by atoms with Crippen molar-refractivity contribution in [2.24, 2.45) is 0 Å². The zero-order chi connectivity index (χ0) is 12.7. The highest BCUT2D eigenvalue weighted by Crippen LogP contribution is 2.21. The van der Waals surface area contributed by atoms with Gasteiger partial charge in [-0.2, -0.15) is 0 Å². The Morgan fingerprint density at radius 1 is 1.24 bits per heavy atom. The van der Waals surface area contributed by atoms with Gasteiger partial charge in [-0.25, -0.2) is 0 Å². The molecule has 0 heterocycles. The largest absolute Gasteiger partial charge is 0.497 e. The minimum Gasteiger partial charge on any atom is -0.497 e. The number of amides is 1. The molecule has 1 aromatic carbocycles. The molecular formula is C13H19NO2S. The van der Waals surface area contributed by atoms with E-state index in [-0.39, 0.29) is 5.91 Å². The van der Waals surface area contributed by atoms with Crippen molar-refractivity contribution in [3.63, 3.8) is 0 Å². The van der Waals surface area contributed by atoms with E-state index in [1.54, 1.807) is 18.9 Å². The van der Waals surface area contributed by atoms with E-state index in [2.05, 4.69) is 0 Å². The number of hydrogen-bond acceptors (Lipinski definition) is 3. The van der Waals surface area contributed by atoms with Crippen LogP contribution in [0.25, 0.3) is 0 Å². The van der Waals surface area contributed by atoms with Crippen LogP contribution in [0.2, 0.25) is 0 Å². The Morgan fingerprint density at radius 2 is 1.82 bits per heavy atom. The fourth-order valence-corrected chi connectivity index (χ4v) is 2.29. The summed E-state index contributed by atoms with van der Waals surface area (Å²) in [4.78, 5) is 14.7. The Kier molecular flexibility index (Phi) is 5.91. The van der Waals surface area contributed by atoms with E-state index in [4.69, 9.17) is 4.74 Å². The Hall–Kier alpha value is -1.16. The summed E-state index contributed by atoms with van der Waals surface area (Å²) in [6.45, 7) is 5.55. The van der Waals surface area contributed by atoms with Gasteiger partial charge in [-0.05, 0) is 38.1 Å². The summed E-state index contributed by atoms with van der Waals surface area (Å²) >= 11 is 1.56. The van der Waals surface area contributed by atoms with Crippen molar-refractivity contribution in [2.45, 2.75) is 18.7 Å². The average molecular weight is 253 g/mol. The van der Waals surface area contributed by atoms with E-state index in [0.29, 0.717) is 5.75 Å². The molecule has 3 nitrogen and oxygen atoms in total. The van der Waals surface area contributed by atoms with E-state index >= 15 is 0 Å². The summed E-state index contributed by atoms with van der Waals surface area (Å²) < 4.78 is 5.08. The molecule has 1 aromatic rings. The molecule has 94 valence electrons. The molecule has 0 spiro atoms. The summed E-state index contributed by atoms with van der Waals surface area (Å²) in [6, 6.07) is 7.76. The summed E-state index contributed by atoms with van der Waals surface area (Å²) in [7, 11) is 1.64. The molecule has 1 amide bonds. The lowest BCUT2D eigenvalue weighted by atomic mass is 10.3. The van der Waals surface area contributed by atoms with Crippen LogP contribution in [0.5, 0.6) is 5.75 Å². The molecule has 0 saturated carbocycles. The minimum absolute atomic E-state index is 0.191. The predicted octanol–water partition coefficient (Wildman–Crippen LogP) is 2.66. The number of rotatable bonds is 6. The smallest absolute Gasteiger partial charge is 0.232 e. The lowest BCUT2D eigenvalue weighted by Gasteiger charge is -2.18. The van der Waals surface area contributed by atoms with Gasteiger partial charge in [-0.3, -0.25) is 4.79 Å². The van der Waals surface area contributed by atoms with Gasteiger partial charge >= 0.3 is 0 Å². The molecule has 0 N–H and O–H groups in total. The van der Waals surface area contributed by atoms with Gasteiger partial charge in [0.05, 0.1) is 12.9 Å². The third-order valence-electron chi connectivity index (χ3n) is 2.54. The van der Waals surface area contributed by atoms with Crippen LogP contribution >= 0.6 is 11.8 Å². The standard InChI is InChI=1S/C13H19NO2S/c1-4-14(5-2)13(15)10-17-12-8-6-11(16-3)7-9-12/h6-9H,4-5,10H2,1-3H3. The van der Waals surface area contributed by atoms with Crippen molar-refractivity contribution in [3.8, 4) is 5.75 Å². The van der Waals surface area contributed by atoms with Crippen LogP contribution in [0.1, 0.15) is 13.8 Å². The van der Waals surface area contributed by atoms with E-state index < -0.39 is 0 Å². The fourth-order valence-electron chi connectivity index (χ4n) is 1.48. The van der Waals surface area contributed by atoms with Crippen molar-refractivity contribution in [2.75, 3.05) is 26.0 Å². The van der Waals surface area contributed by atoms with Crippen molar-refractivity contribution >= 4 is 17.7 Å². The molecule has 0 aromatic heterocycles. The van der Waals surface area contributed by atoms with E-state index in [1.807, 2.05) is 43.0 Å². The topological polar surface area (TPSA) is 29.5 Å². The lowest BCUT2D eigenvalue weighted by Crippen LogP contribution is -2.31. The van der Waals surface area contributed by atoms with Gasteiger partial charge in [0.1, 0.15) is 5.75 Å². The number of carbonyl (C=O) groups is 1. The highest BCUT2D eigenvalue weighted by atomic mass is 32.2. The molecule has 0 atom stereocenters. The number of carbonyl (C=O) groups excluding carboxylic acids is 1. The van der Waals surface area contributed by atoms with Crippen LogP contribution < -0.4 is 4.74 Å². The lowest BCUT2D eigenvalue weighted by molar-refractivity contribution is -0.127. The third kappa shape index (κ3) is 4.30. The molecule has 0 saturated heterocycles. The van der Waals surface area contributed by atoms with Crippen molar-refractivity contribution in [3.05, 3.63) is 24.3 Å². The Labute approximate surface area is 107 Å². The highest BCUT2D eigenvalue weighted by molar-refractivity contribution is 8.00. The maximum absolute atomic E-state index is 11.8. The van der Waals surface area contributed by atoms with Crippen LogP contribution in [-0.4, -0.2) is 36.8 Å². The zero-order valence-corrected chi connectivity index (χ0v) is 11.4. The second-order valence-corrected chi connectivity index (χ2v) is 4.58. The van der Waals surface area contributed by atoms with Crippen LogP contribution in [0.4, 0.5) is 0 Å². The molecular weight excluding hydrogens is 234 g/mol. The Morgan fingerprint density at radius 3 is 2.29 bits per heavy atom. The Balaban J connectivity index is 2.46. The van der Waals surface area contributed by atoms with Crippen LogP contribution in [0.15, 0.2) is 29.2 Å². The monoisotopic (exact) mass is 253 g/mol. The molecule has 0 unspecified atom stereocenters. The normalized spacial score (nSPS) is 10.1. The van der Waals surface area contributed by atoms with Gasteiger partial charge < -0.3 is 9.64 Å². The van der Waals surface area contributed by atoms with E-state index in [0.717, 1.165) is 23.7 Å².